The molecule has 0 bridgehead atoms. The van der Waals surface area contributed by atoms with Crippen LogP contribution in [0.2, 0.25) is 0 Å². The van der Waals surface area contributed by atoms with Crippen LogP contribution < -0.4 is 0 Å². The predicted molar refractivity (Wildman–Crippen MR) is 70.8 cm³/mol. The van der Waals surface area contributed by atoms with Crippen molar-refractivity contribution < 1.29 is 4.79 Å². The summed E-state index contributed by atoms with van der Waals surface area (Å²) in [5.74, 6) is 1.26. The Bertz CT molecular complexity index is 245. The lowest BCUT2D eigenvalue weighted by atomic mass is 9.86. The molecule has 1 heterocycles. The molecular weight excluding hydrogens is 210 g/mol. The van der Waals surface area contributed by atoms with E-state index in [9.17, 15) is 4.79 Å². The van der Waals surface area contributed by atoms with E-state index in [0.717, 1.165) is 25.3 Å². The molecule has 1 aliphatic heterocycles. The number of rotatable bonds is 3. The van der Waals surface area contributed by atoms with Gasteiger partial charge in [0.15, 0.2) is 0 Å². The summed E-state index contributed by atoms with van der Waals surface area (Å²) in [5.41, 5.74) is 0. The molecule has 0 aromatic heterocycles. The molecule has 0 aromatic rings. The highest BCUT2D eigenvalue weighted by Gasteiger charge is 2.23. The van der Waals surface area contributed by atoms with E-state index in [2.05, 4.69) is 11.8 Å². The molecule has 2 nitrogen and oxygen atoms in total. The summed E-state index contributed by atoms with van der Waals surface area (Å²) < 4.78 is 0. The first-order valence-corrected chi connectivity index (χ1v) is 7.57. The summed E-state index contributed by atoms with van der Waals surface area (Å²) in [4.78, 5) is 14.3. The molecule has 1 atom stereocenters. The van der Waals surface area contributed by atoms with Crippen LogP contribution in [0, 0.1) is 5.92 Å². The van der Waals surface area contributed by atoms with Gasteiger partial charge in [-0.3, -0.25) is 4.79 Å². The average Bonchev–Trinajstić information content (AvgIpc) is 2.38. The van der Waals surface area contributed by atoms with Crippen molar-refractivity contribution in [2.24, 2.45) is 5.92 Å². The number of nitrogens with zero attached hydrogens (tertiary/aromatic N) is 1. The zero-order valence-electron chi connectivity index (χ0n) is 11.3. The van der Waals surface area contributed by atoms with Crippen LogP contribution in [0.1, 0.15) is 71.1 Å². The number of piperidine rings is 1. The zero-order chi connectivity index (χ0) is 12.1. The highest BCUT2D eigenvalue weighted by Crippen LogP contribution is 2.28. The molecule has 0 radical (unpaired) electrons. The molecule has 98 valence electrons. The van der Waals surface area contributed by atoms with Gasteiger partial charge in [0.25, 0.3) is 0 Å². The number of likely N-dealkylation sites (tertiary alicyclic amines) is 1. The number of carbonyl (C=O) groups excluding carboxylic acids is 1. The standard InChI is InChI=1S/C15H27NO/c1-13-7-5-6-12-16(13)15(17)11-10-14-8-3-2-4-9-14/h13-14H,2-12H2,1H3/t13-/m1/s1. The Morgan fingerprint density at radius 2 is 1.76 bits per heavy atom. The molecule has 2 heteroatoms. The number of carbonyl (C=O) groups is 1. The lowest BCUT2D eigenvalue weighted by molar-refractivity contribution is -0.134. The maximum atomic E-state index is 12.2. The molecule has 2 aliphatic rings. The van der Waals surface area contributed by atoms with Crippen molar-refractivity contribution >= 4 is 5.91 Å². The van der Waals surface area contributed by atoms with Gasteiger partial charge in [-0.25, -0.2) is 0 Å². The second-order valence-corrected chi connectivity index (χ2v) is 5.97. The molecule has 0 aromatic carbocycles. The smallest absolute Gasteiger partial charge is 0.222 e. The van der Waals surface area contributed by atoms with E-state index in [-0.39, 0.29) is 0 Å². The predicted octanol–water partition coefficient (Wildman–Crippen LogP) is 3.75. The van der Waals surface area contributed by atoms with Crippen molar-refractivity contribution in [3.8, 4) is 0 Å². The molecule has 0 N–H and O–H groups in total. The van der Waals surface area contributed by atoms with Crippen molar-refractivity contribution in [1.82, 2.24) is 4.90 Å². The van der Waals surface area contributed by atoms with E-state index in [1.165, 1.54) is 51.4 Å². The SMILES string of the molecule is C[C@@H]1CCCCN1C(=O)CCC1CCCCC1. The van der Waals surface area contributed by atoms with Crippen LogP contribution in [0.3, 0.4) is 0 Å². The Kier molecular flexibility index (Phi) is 4.87. The minimum atomic E-state index is 0.419. The molecule has 1 saturated heterocycles. The number of hydrogen-bond acceptors (Lipinski definition) is 1. The van der Waals surface area contributed by atoms with Gasteiger partial charge in [0.05, 0.1) is 0 Å². The maximum absolute atomic E-state index is 12.2. The topological polar surface area (TPSA) is 20.3 Å². The summed E-state index contributed by atoms with van der Waals surface area (Å²) in [6, 6.07) is 0.489. The largest absolute Gasteiger partial charge is 0.340 e. The quantitative estimate of drug-likeness (QED) is 0.732. The minimum absolute atomic E-state index is 0.419. The fourth-order valence-electron chi connectivity index (χ4n) is 3.42. The lowest BCUT2D eigenvalue weighted by Gasteiger charge is -2.34. The Labute approximate surface area is 106 Å². The van der Waals surface area contributed by atoms with Crippen molar-refractivity contribution in [3.05, 3.63) is 0 Å². The number of hydrogen-bond donors (Lipinski definition) is 0. The van der Waals surface area contributed by atoms with E-state index in [1.807, 2.05) is 0 Å². The van der Waals surface area contributed by atoms with E-state index in [4.69, 9.17) is 0 Å². The van der Waals surface area contributed by atoms with Crippen molar-refractivity contribution in [3.63, 3.8) is 0 Å². The van der Waals surface area contributed by atoms with E-state index >= 15 is 0 Å². The maximum Gasteiger partial charge on any atom is 0.222 e. The van der Waals surface area contributed by atoms with Crippen molar-refractivity contribution in [1.29, 1.82) is 0 Å². The van der Waals surface area contributed by atoms with Gasteiger partial charge in [0.1, 0.15) is 0 Å². The van der Waals surface area contributed by atoms with Gasteiger partial charge in [-0.2, -0.15) is 0 Å². The minimum Gasteiger partial charge on any atom is -0.340 e. The van der Waals surface area contributed by atoms with Gasteiger partial charge < -0.3 is 4.90 Å². The van der Waals surface area contributed by atoms with Gasteiger partial charge in [-0.05, 0) is 38.5 Å². The van der Waals surface area contributed by atoms with Gasteiger partial charge in [-0.1, -0.05) is 32.1 Å². The number of amides is 1. The molecule has 0 spiro atoms. The normalized spacial score (nSPS) is 27.1. The van der Waals surface area contributed by atoms with Gasteiger partial charge in [0, 0.05) is 19.0 Å². The monoisotopic (exact) mass is 237 g/mol. The average molecular weight is 237 g/mol. The third-order valence-electron chi connectivity index (χ3n) is 4.61. The Hall–Kier alpha value is -0.530. The molecule has 1 amide bonds. The molecular formula is C15H27NO. The van der Waals surface area contributed by atoms with Crippen LogP contribution in [0.15, 0.2) is 0 Å². The first-order chi connectivity index (χ1) is 8.27. The summed E-state index contributed by atoms with van der Waals surface area (Å²) in [6.45, 7) is 3.21. The van der Waals surface area contributed by atoms with Gasteiger partial charge in [0.2, 0.25) is 5.91 Å². The lowest BCUT2D eigenvalue weighted by Crippen LogP contribution is -2.42. The van der Waals surface area contributed by atoms with E-state index in [1.54, 1.807) is 0 Å². The second kappa shape index (κ2) is 6.42. The first-order valence-electron chi connectivity index (χ1n) is 7.57. The Balaban J connectivity index is 1.72. The van der Waals surface area contributed by atoms with Crippen LogP contribution in [-0.2, 0) is 4.79 Å². The van der Waals surface area contributed by atoms with E-state index < -0.39 is 0 Å². The fourth-order valence-corrected chi connectivity index (χ4v) is 3.42. The first kappa shape index (κ1) is 12.9. The van der Waals surface area contributed by atoms with Crippen LogP contribution in [-0.4, -0.2) is 23.4 Å². The van der Waals surface area contributed by atoms with Crippen LogP contribution in [0.4, 0.5) is 0 Å². The van der Waals surface area contributed by atoms with Crippen molar-refractivity contribution in [2.45, 2.75) is 77.2 Å². The molecule has 1 saturated carbocycles. The molecule has 17 heavy (non-hydrogen) atoms. The van der Waals surface area contributed by atoms with Crippen LogP contribution in [0.25, 0.3) is 0 Å². The summed E-state index contributed by atoms with van der Waals surface area (Å²) in [5, 5.41) is 0. The highest BCUT2D eigenvalue weighted by molar-refractivity contribution is 5.76. The van der Waals surface area contributed by atoms with Gasteiger partial charge >= 0.3 is 0 Å². The third kappa shape index (κ3) is 3.72. The second-order valence-electron chi connectivity index (χ2n) is 5.97. The molecule has 2 rings (SSSR count). The van der Waals surface area contributed by atoms with Crippen molar-refractivity contribution in [2.75, 3.05) is 6.54 Å². The Morgan fingerprint density at radius 3 is 2.47 bits per heavy atom. The molecule has 2 fully saturated rings. The summed E-state index contributed by atoms with van der Waals surface area (Å²) >= 11 is 0. The molecule has 0 unspecified atom stereocenters. The highest BCUT2D eigenvalue weighted by atomic mass is 16.2. The summed E-state index contributed by atoms with van der Waals surface area (Å²) in [6.07, 6.45) is 12.6. The third-order valence-corrected chi connectivity index (χ3v) is 4.61. The summed E-state index contributed by atoms with van der Waals surface area (Å²) in [7, 11) is 0. The zero-order valence-corrected chi connectivity index (χ0v) is 11.3. The molecule has 1 aliphatic carbocycles. The van der Waals surface area contributed by atoms with Crippen LogP contribution >= 0.6 is 0 Å². The Morgan fingerprint density at radius 1 is 1.06 bits per heavy atom. The fraction of sp³-hybridized carbons (Fsp3) is 0.933. The van der Waals surface area contributed by atoms with Gasteiger partial charge in [-0.15, -0.1) is 0 Å². The van der Waals surface area contributed by atoms with E-state index in [0.29, 0.717) is 11.9 Å². The van der Waals surface area contributed by atoms with Crippen LogP contribution in [0.5, 0.6) is 0 Å².